The maximum atomic E-state index is 9.71. The molecule has 1 aromatic rings. The molecule has 0 bridgehead atoms. The van der Waals surface area contributed by atoms with Crippen LogP contribution in [0.1, 0.15) is 0 Å². The third-order valence-corrected chi connectivity index (χ3v) is 0.453. The Morgan fingerprint density at radius 3 is 2.00 bits per heavy atom. The van der Waals surface area contributed by atoms with Gasteiger partial charge < -0.3 is 9.90 Å². The summed E-state index contributed by atoms with van der Waals surface area (Å²) in [5.41, 5.74) is 0. The number of carbonyl (C=O) groups is 1. The van der Waals surface area contributed by atoms with Crippen LogP contribution >= 0.6 is 0 Å². The summed E-state index contributed by atoms with van der Waals surface area (Å²) in [5.74, 6) is 0. The standard InChI is InChI=1S/CHN5O2.Na/c7-1(8)6-4-2-3-5-6;/h(H,7,8);/q;+1/p-1. The largest absolute Gasteiger partial charge is 1.00 e. The van der Waals surface area contributed by atoms with E-state index in [1.54, 1.807) is 0 Å². The van der Waals surface area contributed by atoms with E-state index in [9.17, 15) is 9.90 Å². The molecule has 0 aliphatic carbocycles. The minimum Gasteiger partial charge on any atom is -0.527 e. The van der Waals surface area contributed by atoms with Crippen molar-refractivity contribution < 1.29 is 39.5 Å². The van der Waals surface area contributed by atoms with E-state index >= 15 is 0 Å². The molecular weight excluding hydrogens is 137 g/mol. The Kier molecular flexibility index (Phi) is 3.28. The van der Waals surface area contributed by atoms with Crippen LogP contribution in [-0.2, 0) is 0 Å². The topological polar surface area (TPSA) is 96.6 Å². The van der Waals surface area contributed by atoms with Gasteiger partial charge in [-0.15, -0.1) is 0 Å². The predicted molar refractivity (Wildman–Crippen MR) is 16.4 cm³/mol. The third-order valence-electron chi connectivity index (χ3n) is 0.453. The Balaban J connectivity index is 0.000000640. The summed E-state index contributed by atoms with van der Waals surface area (Å²) >= 11 is 0. The Labute approximate surface area is 71.3 Å². The van der Waals surface area contributed by atoms with Crippen molar-refractivity contribution in [3.05, 3.63) is 0 Å². The molecule has 0 N–H and O–H groups in total. The second kappa shape index (κ2) is 3.49. The third kappa shape index (κ3) is 2.04. The SMILES string of the molecule is O=C([O-])n1nnnn1.[Na+]. The first-order valence-corrected chi connectivity index (χ1v) is 1.63. The van der Waals surface area contributed by atoms with E-state index in [2.05, 4.69) is 20.9 Å². The number of nitrogens with zero attached hydrogens (tertiary/aromatic N) is 5. The molecule has 8 heteroatoms. The summed E-state index contributed by atoms with van der Waals surface area (Å²) in [7, 11) is 0. The molecule has 0 amide bonds. The van der Waals surface area contributed by atoms with E-state index in [1.807, 2.05) is 0 Å². The quantitative estimate of drug-likeness (QED) is 0.330. The summed E-state index contributed by atoms with van der Waals surface area (Å²) in [4.78, 5) is 9.96. The smallest absolute Gasteiger partial charge is 0.527 e. The van der Waals surface area contributed by atoms with E-state index in [0.717, 1.165) is 0 Å². The van der Waals surface area contributed by atoms with Crippen molar-refractivity contribution >= 4 is 6.09 Å². The van der Waals surface area contributed by atoms with Crippen LogP contribution in [0.3, 0.4) is 0 Å². The molecule has 0 spiro atoms. The van der Waals surface area contributed by atoms with Gasteiger partial charge in [0.05, 0.1) is 0 Å². The van der Waals surface area contributed by atoms with Gasteiger partial charge in [-0.25, -0.2) is 0 Å². The van der Waals surface area contributed by atoms with Crippen molar-refractivity contribution in [1.82, 2.24) is 25.7 Å². The van der Waals surface area contributed by atoms with Crippen molar-refractivity contribution in [2.45, 2.75) is 0 Å². The molecule has 0 fully saturated rings. The van der Waals surface area contributed by atoms with Crippen LogP contribution in [0.5, 0.6) is 0 Å². The van der Waals surface area contributed by atoms with E-state index in [1.165, 1.54) is 0 Å². The van der Waals surface area contributed by atoms with Crippen LogP contribution < -0.4 is 34.7 Å². The molecule has 7 nitrogen and oxygen atoms in total. The molecule has 0 saturated heterocycles. The summed E-state index contributed by atoms with van der Waals surface area (Å²) < 4.78 is 0. The monoisotopic (exact) mass is 137 g/mol. The zero-order valence-corrected chi connectivity index (χ0v) is 6.55. The zero-order chi connectivity index (χ0) is 5.98. The van der Waals surface area contributed by atoms with Gasteiger partial charge in [0.25, 0.3) is 0 Å². The fraction of sp³-hybridized carbons (Fsp3) is 0. The molecule has 9 heavy (non-hydrogen) atoms. The van der Waals surface area contributed by atoms with Crippen molar-refractivity contribution in [3.8, 4) is 0 Å². The van der Waals surface area contributed by atoms with Crippen LogP contribution in [0, 0.1) is 0 Å². The van der Waals surface area contributed by atoms with Gasteiger partial charge in [-0.2, -0.15) is 0 Å². The first kappa shape index (κ1) is 8.47. The molecule has 0 aromatic carbocycles. The van der Waals surface area contributed by atoms with Gasteiger partial charge in [0, 0.05) is 0 Å². The minimum atomic E-state index is -1.55. The van der Waals surface area contributed by atoms with Crippen LogP contribution in [-0.4, -0.2) is 31.7 Å². The predicted octanol–water partition coefficient (Wildman–Crippen LogP) is -5.74. The summed E-state index contributed by atoms with van der Waals surface area (Å²) in [6, 6.07) is 0. The van der Waals surface area contributed by atoms with Gasteiger partial charge in [0.1, 0.15) is 0 Å². The Morgan fingerprint density at radius 1 is 1.33 bits per heavy atom. The summed E-state index contributed by atoms with van der Waals surface area (Å²) in [6.45, 7) is 0. The van der Waals surface area contributed by atoms with Gasteiger partial charge in [-0.1, -0.05) is 4.80 Å². The fourth-order valence-electron chi connectivity index (χ4n) is 0.202. The van der Waals surface area contributed by atoms with Crippen molar-refractivity contribution in [3.63, 3.8) is 0 Å². The van der Waals surface area contributed by atoms with E-state index < -0.39 is 6.09 Å². The Morgan fingerprint density at radius 2 is 1.78 bits per heavy atom. The van der Waals surface area contributed by atoms with Gasteiger partial charge in [0.2, 0.25) is 0 Å². The molecule has 42 valence electrons. The van der Waals surface area contributed by atoms with Gasteiger partial charge in [-0.3, -0.25) is 0 Å². The second-order valence-corrected chi connectivity index (χ2v) is 0.913. The number of carbonyl (C=O) groups excluding carboxylic acids is 1. The van der Waals surface area contributed by atoms with Gasteiger partial charge in [-0.05, 0) is 20.9 Å². The van der Waals surface area contributed by atoms with Crippen LogP contribution in [0.25, 0.3) is 0 Å². The molecule has 0 aliphatic rings. The number of aromatic nitrogens is 5. The maximum absolute atomic E-state index is 9.71. The Bertz CT molecular complexity index is 183. The number of rotatable bonds is 0. The van der Waals surface area contributed by atoms with E-state index in [-0.39, 0.29) is 34.4 Å². The maximum Gasteiger partial charge on any atom is 1.00 e. The first-order valence-electron chi connectivity index (χ1n) is 1.63. The van der Waals surface area contributed by atoms with Crippen LogP contribution in [0.4, 0.5) is 4.79 Å². The second-order valence-electron chi connectivity index (χ2n) is 0.913. The normalized spacial score (nSPS) is 8.00. The number of hydrogen-bond donors (Lipinski definition) is 0. The van der Waals surface area contributed by atoms with E-state index in [4.69, 9.17) is 0 Å². The molecule has 0 radical (unpaired) electrons. The molecule has 0 unspecified atom stereocenters. The van der Waals surface area contributed by atoms with Gasteiger partial charge in [0.15, 0.2) is 6.09 Å². The first-order chi connectivity index (χ1) is 3.80. The van der Waals surface area contributed by atoms with Crippen molar-refractivity contribution in [2.75, 3.05) is 0 Å². The molecule has 1 rings (SSSR count). The summed E-state index contributed by atoms with van der Waals surface area (Å²) in [5, 5.41) is 21.3. The van der Waals surface area contributed by atoms with E-state index in [0.29, 0.717) is 0 Å². The minimum absolute atomic E-state index is 0. The molecule has 1 aromatic heterocycles. The van der Waals surface area contributed by atoms with Gasteiger partial charge >= 0.3 is 29.6 Å². The average Bonchev–Trinajstić information content (AvgIpc) is 2.12. The molecular formula is CN5NaO2. The van der Waals surface area contributed by atoms with Crippen molar-refractivity contribution in [2.24, 2.45) is 0 Å². The van der Waals surface area contributed by atoms with Crippen molar-refractivity contribution in [1.29, 1.82) is 0 Å². The van der Waals surface area contributed by atoms with Crippen LogP contribution in [0.2, 0.25) is 0 Å². The molecule has 1 heterocycles. The zero-order valence-electron chi connectivity index (χ0n) is 4.55. The number of hydrogen-bond acceptors (Lipinski definition) is 6. The molecule has 0 aliphatic heterocycles. The Hall–Kier alpha value is -0.530. The molecule has 0 saturated carbocycles. The fourth-order valence-corrected chi connectivity index (χ4v) is 0.202. The average molecular weight is 137 g/mol. The number of carboxylic acid groups (broad SMARTS) is 1. The molecule has 0 atom stereocenters. The summed E-state index contributed by atoms with van der Waals surface area (Å²) in [6.07, 6.45) is -1.55. The van der Waals surface area contributed by atoms with Crippen LogP contribution in [0.15, 0.2) is 0 Å².